The SMILES string of the molecule is Cc1ccc(-c2nc(-c3ncn4c3c(=O)n(Cc3ccccn3)c3cc(F)ccc34)no2)o1. The lowest BCUT2D eigenvalue weighted by atomic mass is 10.2. The smallest absolute Gasteiger partial charge is 0.293 e. The molecule has 0 radical (unpaired) electrons. The Morgan fingerprint density at radius 2 is 1.97 bits per heavy atom. The van der Waals surface area contributed by atoms with Crippen molar-refractivity contribution >= 4 is 16.6 Å². The summed E-state index contributed by atoms with van der Waals surface area (Å²) in [6.07, 6.45) is 3.13. The predicted molar refractivity (Wildman–Crippen MR) is 116 cm³/mol. The Morgan fingerprint density at radius 3 is 2.76 bits per heavy atom. The molecule has 1 aromatic carbocycles. The number of rotatable bonds is 4. The van der Waals surface area contributed by atoms with Crippen LogP contribution in [-0.4, -0.2) is 29.1 Å². The molecule has 0 aliphatic rings. The number of aromatic nitrogens is 6. The molecule has 0 atom stereocenters. The maximum Gasteiger partial charge on any atom is 0.293 e. The van der Waals surface area contributed by atoms with E-state index in [4.69, 9.17) is 8.94 Å². The summed E-state index contributed by atoms with van der Waals surface area (Å²) < 4.78 is 28.1. The molecule has 0 amide bonds. The summed E-state index contributed by atoms with van der Waals surface area (Å²) in [6.45, 7) is 1.96. The highest BCUT2D eigenvalue weighted by molar-refractivity contribution is 5.83. The Morgan fingerprint density at radius 1 is 1.06 bits per heavy atom. The molecule has 0 bridgehead atoms. The van der Waals surface area contributed by atoms with E-state index in [2.05, 4.69) is 20.1 Å². The van der Waals surface area contributed by atoms with Crippen molar-refractivity contribution in [1.29, 1.82) is 0 Å². The molecule has 0 N–H and O–H groups in total. The summed E-state index contributed by atoms with van der Waals surface area (Å²) in [4.78, 5) is 26.7. The van der Waals surface area contributed by atoms with Crippen molar-refractivity contribution in [1.82, 2.24) is 29.1 Å². The van der Waals surface area contributed by atoms with Crippen molar-refractivity contribution in [2.24, 2.45) is 0 Å². The maximum absolute atomic E-state index is 14.1. The number of fused-ring (bicyclic) bond motifs is 3. The van der Waals surface area contributed by atoms with E-state index in [0.29, 0.717) is 28.2 Å². The summed E-state index contributed by atoms with van der Waals surface area (Å²) in [6, 6.07) is 13.2. The lowest BCUT2D eigenvalue weighted by molar-refractivity contribution is 0.414. The Balaban J connectivity index is 1.59. The summed E-state index contributed by atoms with van der Waals surface area (Å²) in [5, 5.41) is 4.00. The van der Waals surface area contributed by atoms with E-state index in [0.717, 1.165) is 0 Å². The van der Waals surface area contributed by atoms with Crippen molar-refractivity contribution in [2.75, 3.05) is 0 Å². The second kappa shape index (κ2) is 7.23. The molecule has 0 saturated heterocycles. The number of hydrogen-bond donors (Lipinski definition) is 0. The number of halogens is 1. The Bertz CT molecular complexity index is 1700. The van der Waals surface area contributed by atoms with Gasteiger partial charge in [-0.05, 0) is 49.4 Å². The fourth-order valence-electron chi connectivity index (χ4n) is 3.83. The molecule has 0 unspecified atom stereocenters. The number of furan rings is 1. The molecule has 0 fully saturated rings. The summed E-state index contributed by atoms with van der Waals surface area (Å²) in [5.41, 5.74) is 1.79. The minimum absolute atomic E-state index is 0.143. The van der Waals surface area contributed by atoms with E-state index in [1.807, 2.05) is 13.0 Å². The van der Waals surface area contributed by atoms with Crippen LogP contribution in [0.3, 0.4) is 0 Å². The molecular formula is C23H15FN6O3. The van der Waals surface area contributed by atoms with Crippen LogP contribution in [0.25, 0.3) is 39.7 Å². The molecule has 33 heavy (non-hydrogen) atoms. The van der Waals surface area contributed by atoms with Crippen LogP contribution in [0.4, 0.5) is 4.39 Å². The average Bonchev–Trinajstić information content (AvgIpc) is 3.56. The highest BCUT2D eigenvalue weighted by atomic mass is 19.1. The zero-order valence-electron chi connectivity index (χ0n) is 17.3. The Labute approximate surface area is 184 Å². The quantitative estimate of drug-likeness (QED) is 0.408. The first-order valence-electron chi connectivity index (χ1n) is 10.1. The highest BCUT2D eigenvalue weighted by Gasteiger charge is 2.22. The molecule has 6 rings (SSSR count). The molecule has 162 valence electrons. The van der Waals surface area contributed by atoms with E-state index < -0.39 is 5.82 Å². The molecule has 0 aliphatic carbocycles. The minimum atomic E-state index is -0.451. The fraction of sp³-hybridized carbons (Fsp3) is 0.0870. The van der Waals surface area contributed by atoms with Crippen molar-refractivity contribution < 1.29 is 13.3 Å². The first-order valence-corrected chi connectivity index (χ1v) is 10.1. The van der Waals surface area contributed by atoms with Crippen LogP contribution in [0.1, 0.15) is 11.5 Å². The van der Waals surface area contributed by atoms with Gasteiger partial charge in [-0.25, -0.2) is 9.37 Å². The van der Waals surface area contributed by atoms with E-state index in [1.54, 1.807) is 40.9 Å². The molecule has 6 aromatic rings. The topological polar surface area (TPSA) is 104 Å². The van der Waals surface area contributed by atoms with Crippen LogP contribution in [0.15, 0.2) is 74.8 Å². The van der Waals surface area contributed by atoms with E-state index in [9.17, 15) is 9.18 Å². The van der Waals surface area contributed by atoms with Gasteiger partial charge in [-0.15, -0.1) is 0 Å². The first-order chi connectivity index (χ1) is 16.1. The van der Waals surface area contributed by atoms with E-state index in [1.165, 1.54) is 23.0 Å². The van der Waals surface area contributed by atoms with E-state index in [-0.39, 0.29) is 35.0 Å². The van der Waals surface area contributed by atoms with Crippen molar-refractivity contribution in [2.45, 2.75) is 13.5 Å². The third-order valence-corrected chi connectivity index (χ3v) is 5.34. The van der Waals surface area contributed by atoms with Gasteiger partial charge in [0.15, 0.2) is 5.76 Å². The van der Waals surface area contributed by atoms with Gasteiger partial charge >= 0.3 is 0 Å². The Hall–Kier alpha value is -4.60. The zero-order valence-corrected chi connectivity index (χ0v) is 17.3. The van der Waals surface area contributed by atoms with Gasteiger partial charge in [-0.3, -0.25) is 18.7 Å². The first kappa shape index (κ1) is 19.1. The maximum atomic E-state index is 14.1. The van der Waals surface area contributed by atoms with Gasteiger partial charge in [-0.2, -0.15) is 4.98 Å². The second-order valence-electron chi connectivity index (χ2n) is 7.49. The highest BCUT2D eigenvalue weighted by Crippen LogP contribution is 2.26. The van der Waals surface area contributed by atoms with Crippen molar-refractivity contribution in [3.05, 3.63) is 88.7 Å². The number of nitrogens with zero attached hydrogens (tertiary/aromatic N) is 6. The predicted octanol–water partition coefficient (Wildman–Crippen LogP) is 3.85. The fourth-order valence-corrected chi connectivity index (χ4v) is 3.83. The molecule has 0 saturated carbocycles. The molecule has 10 heteroatoms. The number of aryl methyl sites for hydroxylation is 1. The third kappa shape index (κ3) is 3.11. The molecule has 5 heterocycles. The van der Waals surface area contributed by atoms with Gasteiger partial charge in [-0.1, -0.05) is 11.2 Å². The number of benzene rings is 1. The third-order valence-electron chi connectivity index (χ3n) is 5.34. The van der Waals surface area contributed by atoms with Crippen LogP contribution in [0.2, 0.25) is 0 Å². The van der Waals surface area contributed by atoms with Crippen LogP contribution in [0, 0.1) is 12.7 Å². The summed E-state index contributed by atoms with van der Waals surface area (Å²) in [5.74, 6) is 0.991. The molecule has 5 aromatic heterocycles. The lowest BCUT2D eigenvalue weighted by Crippen LogP contribution is -2.24. The normalized spacial score (nSPS) is 11.6. The Kier molecular flexibility index (Phi) is 4.19. The summed E-state index contributed by atoms with van der Waals surface area (Å²) in [7, 11) is 0. The lowest BCUT2D eigenvalue weighted by Gasteiger charge is -2.12. The van der Waals surface area contributed by atoms with Gasteiger partial charge in [0.1, 0.15) is 29.1 Å². The number of imidazole rings is 1. The van der Waals surface area contributed by atoms with Crippen molar-refractivity contribution in [3.8, 4) is 23.2 Å². The molecule has 9 nitrogen and oxygen atoms in total. The average molecular weight is 442 g/mol. The van der Waals surface area contributed by atoms with Gasteiger partial charge in [0.25, 0.3) is 11.4 Å². The number of hydrogen-bond acceptors (Lipinski definition) is 7. The van der Waals surface area contributed by atoms with Crippen LogP contribution in [-0.2, 0) is 6.54 Å². The number of pyridine rings is 1. The van der Waals surface area contributed by atoms with Crippen LogP contribution in [0.5, 0.6) is 0 Å². The standard InChI is InChI=1S/C23H15FN6O3/c1-13-5-8-18(32-13)22-27-21(28-33-22)19-20-23(31)29(11-15-4-2-3-9-25-15)17-10-14(24)6-7-16(17)30(20)12-26-19/h2-10,12H,11H2,1H3. The molecular weight excluding hydrogens is 427 g/mol. The van der Waals surface area contributed by atoms with Crippen LogP contribution < -0.4 is 5.56 Å². The largest absolute Gasteiger partial charge is 0.456 e. The minimum Gasteiger partial charge on any atom is -0.456 e. The second-order valence-corrected chi connectivity index (χ2v) is 7.49. The summed E-state index contributed by atoms with van der Waals surface area (Å²) >= 11 is 0. The monoisotopic (exact) mass is 442 g/mol. The van der Waals surface area contributed by atoms with Gasteiger partial charge in [0, 0.05) is 6.20 Å². The van der Waals surface area contributed by atoms with Crippen molar-refractivity contribution in [3.63, 3.8) is 0 Å². The van der Waals surface area contributed by atoms with Gasteiger partial charge in [0.05, 0.1) is 23.3 Å². The zero-order chi connectivity index (χ0) is 22.5. The molecule has 0 aliphatic heterocycles. The van der Waals surface area contributed by atoms with Gasteiger partial charge < -0.3 is 8.94 Å². The van der Waals surface area contributed by atoms with Gasteiger partial charge in [0.2, 0.25) is 5.82 Å². The van der Waals surface area contributed by atoms with E-state index >= 15 is 0 Å². The molecule has 0 spiro atoms. The van der Waals surface area contributed by atoms with Crippen LogP contribution >= 0.6 is 0 Å².